The lowest BCUT2D eigenvalue weighted by Crippen LogP contribution is -2.23. The quantitative estimate of drug-likeness (QED) is 0.859. The molecule has 0 aliphatic rings. The zero-order valence-corrected chi connectivity index (χ0v) is 13.0. The number of carbonyl (C=O) groups is 1. The van der Waals surface area contributed by atoms with Crippen LogP contribution in [0, 0.1) is 0 Å². The van der Waals surface area contributed by atoms with Crippen molar-refractivity contribution in [2.75, 3.05) is 0 Å². The van der Waals surface area contributed by atoms with Gasteiger partial charge in [0.2, 0.25) is 15.9 Å². The highest BCUT2D eigenvalue weighted by Gasteiger charge is 2.30. The number of nitrogens with two attached hydrogens (primary N) is 1. The van der Waals surface area contributed by atoms with E-state index in [1.165, 1.54) is 24.3 Å². The minimum atomic E-state index is -4.53. The van der Waals surface area contributed by atoms with Gasteiger partial charge in [-0.1, -0.05) is 12.1 Å². The Morgan fingerprint density at radius 3 is 2.00 bits per heavy atom. The van der Waals surface area contributed by atoms with E-state index >= 15 is 0 Å². The minimum absolute atomic E-state index is 0.0810. The van der Waals surface area contributed by atoms with Crippen molar-refractivity contribution in [2.45, 2.75) is 17.6 Å². The van der Waals surface area contributed by atoms with Crippen LogP contribution in [-0.2, 0) is 22.7 Å². The normalized spacial score (nSPS) is 12.1. The molecule has 0 saturated carbocycles. The van der Waals surface area contributed by atoms with Crippen molar-refractivity contribution >= 4 is 15.9 Å². The summed E-state index contributed by atoms with van der Waals surface area (Å²) >= 11 is 0. The first-order valence-corrected chi connectivity index (χ1v) is 8.13. The summed E-state index contributed by atoms with van der Waals surface area (Å²) in [6.45, 7) is -0.0810. The van der Waals surface area contributed by atoms with E-state index in [4.69, 9.17) is 5.73 Å². The maximum absolute atomic E-state index is 12.5. The Labute approximate surface area is 136 Å². The second-order valence-electron chi connectivity index (χ2n) is 4.91. The van der Waals surface area contributed by atoms with E-state index in [-0.39, 0.29) is 17.0 Å². The third-order valence-corrected chi connectivity index (χ3v) is 4.61. The third kappa shape index (κ3) is 4.33. The molecule has 2 rings (SSSR count). The fourth-order valence-electron chi connectivity index (χ4n) is 1.87. The predicted molar refractivity (Wildman–Crippen MR) is 80.4 cm³/mol. The number of rotatable bonds is 5. The molecule has 0 bridgehead atoms. The Bertz CT molecular complexity index is 830. The highest BCUT2D eigenvalue weighted by molar-refractivity contribution is 7.89. The van der Waals surface area contributed by atoms with Crippen molar-refractivity contribution in [1.82, 2.24) is 4.72 Å². The Balaban J connectivity index is 2.09. The van der Waals surface area contributed by atoms with E-state index in [1.807, 2.05) is 0 Å². The standard InChI is InChI=1S/C15H13F3N2O3S/c16-15(17,18)12-5-7-13(8-6-12)24(22,23)20-9-10-1-3-11(4-2-10)14(19)21/h1-8,20H,9H2,(H2,19,21). The summed E-state index contributed by atoms with van der Waals surface area (Å²) in [5.41, 5.74) is 5.02. The van der Waals surface area contributed by atoms with Gasteiger partial charge in [0.1, 0.15) is 0 Å². The molecule has 0 atom stereocenters. The van der Waals surface area contributed by atoms with Gasteiger partial charge in [0.05, 0.1) is 10.5 Å². The van der Waals surface area contributed by atoms with Crippen LogP contribution in [0.25, 0.3) is 0 Å². The molecule has 3 N–H and O–H groups in total. The number of hydrogen-bond donors (Lipinski definition) is 2. The Morgan fingerprint density at radius 2 is 1.54 bits per heavy atom. The van der Waals surface area contributed by atoms with E-state index in [9.17, 15) is 26.4 Å². The summed E-state index contributed by atoms with van der Waals surface area (Å²) < 4.78 is 63.9. The van der Waals surface area contributed by atoms with E-state index in [1.54, 1.807) is 0 Å². The second kappa shape index (κ2) is 6.62. The summed E-state index contributed by atoms with van der Waals surface area (Å²) in [4.78, 5) is 10.7. The van der Waals surface area contributed by atoms with Gasteiger partial charge in [-0.25, -0.2) is 13.1 Å². The van der Waals surface area contributed by atoms with Crippen LogP contribution in [0.3, 0.4) is 0 Å². The number of sulfonamides is 1. The summed E-state index contributed by atoms with van der Waals surface area (Å²) in [6, 6.07) is 9.13. The molecule has 2 aromatic carbocycles. The summed E-state index contributed by atoms with van der Waals surface area (Å²) in [5, 5.41) is 0. The molecule has 0 fully saturated rings. The maximum Gasteiger partial charge on any atom is 0.416 e. The first-order chi connectivity index (χ1) is 11.1. The number of alkyl halides is 3. The highest BCUT2D eigenvalue weighted by Crippen LogP contribution is 2.29. The lowest BCUT2D eigenvalue weighted by molar-refractivity contribution is -0.137. The van der Waals surface area contributed by atoms with Crippen molar-refractivity contribution in [2.24, 2.45) is 5.73 Å². The van der Waals surface area contributed by atoms with Gasteiger partial charge in [-0.05, 0) is 42.0 Å². The monoisotopic (exact) mass is 358 g/mol. The molecule has 24 heavy (non-hydrogen) atoms. The van der Waals surface area contributed by atoms with Crippen molar-refractivity contribution in [3.63, 3.8) is 0 Å². The van der Waals surface area contributed by atoms with Crippen LogP contribution in [0.15, 0.2) is 53.4 Å². The van der Waals surface area contributed by atoms with Crippen molar-refractivity contribution in [3.05, 3.63) is 65.2 Å². The van der Waals surface area contributed by atoms with E-state index < -0.39 is 27.7 Å². The number of nitrogens with one attached hydrogen (secondary N) is 1. The molecular weight excluding hydrogens is 345 g/mol. The van der Waals surface area contributed by atoms with Crippen LogP contribution in [0.4, 0.5) is 13.2 Å². The molecule has 9 heteroatoms. The minimum Gasteiger partial charge on any atom is -0.366 e. The van der Waals surface area contributed by atoms with Crippen molar-refractivity contribution in [1.29, 1.82) is 0 Å². The molecule has 0 aliphatic heterocycles. The number of hydrogen-bond acceptors (Lipinski definition) is 3. The zero-order valence-electron chi connectivity index (χ0n) is 12.2. The smallest absolute Gasteiger partial charge is 0.366 e. The molecule has 0 unspecified atom stereocenters. The average molecular weight is 358 g/mol. The lowest BCUT2D eigenvalue weighted by Gasteiger charge is -2.09. The van der Waals surface area contributed by atoms with Crippen molar-refractivity contribution < 1.29 is 26.4 Å². The fraction of sp³-hybridized carbons (Fsp3) is 0.133. The summed E-state index contributed by atoms with van der Waals surface area (Å²) in [5.74, 6) is -0.605. The number of benzene rings is 2. The average Bonchev–Trinajstić information content (AvgIpc) is 2.53. The Kier molecular flexibility index (Phi) is 4.95. The number of halogens is 3. The van der Waals surface area contributed by atoms with Gasteiger partial charge in [0, 0.05) is 12.1 Å². The van der Waals surface area contributed by atoms with E-state index in [0.717, 1.165) is 12.1 Å². The largest absolute Gasteiger partial charge is 0.416 e. The van der Waals surface area contributed by atoms with Crippen LogP contribution in [0.5, 0.6) is 0 Å². The van der Waals surface area contributed by atoms with E-state index in [0.29, 0.717) is 17.7 Å². The fourth-order valence-corrected chi connectivity index (χ4v) is 2.89. The number of carbonyl (C=O) groups excluding carboxylic acids is 1. The summed E-state index contributed by atoms with van der Waals surface area (Å²) in [7, 11) is -3.96. The van der Waals surface area contributed by atoms with Gasteiger partial charge in [-0.15, -0.1) is 0 Å². The van der Waals surface area contributed by atoms with E-state index in [2.05, 4.69) is 4.72 Å². The van der Waals surface area contributed by atoms with Crippen LogP contribution in [-0.4, -0.2) is 14.3 Å². The zero-order chi connectivity index (χ0) is 18.0. The van der Waals surface area contributed by atoms with Gasteiger partial charge in [0.25, 0.3) is 0 Å². The van der Waals surface area contributed by atoms with Crippen LogP contribution in [0.1, 0.15) is 21.5 Å². The molecule has 0 radical (unpaired) electrons. The SMILES string of the molecule is NC(=O)c1ccc(CNS(=O)(=O)c2ccc(C(F)(F)F)cc2)cc1. The third-order valence-electron chi connectivity index (χ3n) is 3.20. The lowest BCUT2D eigenvalue weighted by atomic mass is 10.1. The molecule has 0 heterocycles. The molecule has 0 saturated heterocycles. The first-order valence-electron chi connectivity index (χ1n) is 6.65. The highest BCUT2D eigenvalue weighted by atomic mass is 32.2. The van der Waals surface area contributed by atoms with Gasteiger partial charge in [-0.2, -0.15) is 13.2 Å². The molecular formula is C15H13F3N2O3S. The topological polar surface area (TPSA) is 89.3 Å². The molecule has 1 amide bonds. The molecule has 2 aromatic rings. The Morgan fingerprint density at radius 1 is 1.00 bits per heavy atom. The maximum atomic E-state index is 12.5. The molecule has 0 spiro atoms. The summed E-state index contributed by atoms with van der Waals surface area (Å²) in [6.07, 6.45) is -4.53. The molecule has 128 valence electrons. The Hall–Kier alpha value is -2.39. The first kappa shape index (κ1) is 18.0. The number of amides is 1. The van der Waals surface area contributed by atoms with Crippen LogP contribution >= 0.6 is 0 Å². The molecule has 0 aromatic heterocycles. The van der Waals surface area contributed by atoms with Gasteiger partial charge >= 0.3 is 6.18 Å². The van der Waals surface area contributed by atoms with Gasteiger partial charge in [0.15, 0.2) is 0 Å². The van der Waals surface area contributed by atoms with Crippen LogP contribution in [0.2, 0.25) is 0 Å². The van der Waals surface area contributed by atoms with Crippen LogP contribution < -0.4 is 10.5 Å². The molecule has 5 nitrogen and oxygen atoms in total. The number of primary amides is 1. The van der Waals surface area contributed by atoms with Crippen molar-refractivity contribution in [3.8, 4) is 0 Å². The van der Waals surface area contributed by atoms with Gasteiger partial charge < -0.3 is 5.73 Å². The van der Waals surface area contributed by atoms with Gasteiger partial charge in [-0.3, -0.25) is 4.79 Å². The predicted octanol–water partition coefficient (Wildman–Crippen LogP) is 2.28. The molecule has 0 aliphatic carbocycles. The second-order valence-corrected chi connectivity index (χ2v) is 6.67.